The van der Waals surface area contributed by atoms with Crippen molar-refractivity contribution < 1.29 is 9.47 Å². The van der Waals surface area contributed by atoms with Crippen LogP contribution in [-0.4, -0.2) is 44.3 Å². The molecule has 2 heterocycles. The maximum atomic E-state index is 13.2. The third-order valence-electron chi connectivity index (χ3n) is 7.21. The fourth-order valence-corrected chi connectivity index (χ4v) is 5.12. The third kappa shape index (κ3) is 6.05. The lowest BCUT2D eigenvalue weighted by Gasteiger charge is -2.30. The molecule has 0 fully saturated rings. The molecule has 0 bridgehead atoms. The van der Waals surface area contributed by atoms with Gasteiger partial charge in [-0.2, -0.15) is 0 Å². The van der Waals surface area contributed by atoms with Gasteiger partial charge in [-0.15, -0.1) is 5.10 Å². The van der Waals surface area contributed by atoms with E-state index in [1.165, 1.54) is 5.56 Å². The Hall–Kier alpha value is -4.50. The predicted octanol–water partition coefficient (Wildman–Crippen LogP) is 4.93. The van der Waals surface area contributed by atoms with Crippen LogP contribution >= 0.6 is 0 Å². The van der Waals surface area contributed by atoms with Crippen molar-refractivity contribution in [3.05, 3.63) is 112 Å². The number of aromatic amines is 1. The van der Waals surface area contributed by atoms with Gasteiger partial charge < -0.3 is 14.5 Å². The number of H-pyrrole nitrogens is 1. The summed E-state index contributed by atoms with van der Waals surface area (Å²) in [5.74, 6) is 2.30. The summed E-state index contributed by atoms with van der Waals surface area (Å²) >= 11 is 0. The van der Waals surface area contributed by atoms with Crippen LogP contribution in [0.5, 0.6) is 11.5 Å². The maximum Gasteiger partial charge on any atom is 0.252 e. The fraction of sp³-hybridized carbons (Fsp3) is 0.290. The largest absolute Gasteiger partial charge is 0.497 e. The van der Waals surface area contributed by atoms with Crippen molar-refractivity contribution in [1.29, 1.82) is 0 Å². The van der Waals surface area contributed by atoms with Crippen LogP contribution in [0.1, 0.15) is 41.9 Å². The van der Waals surface area contributed by atoms with Crippen molar-refractivity contribution in [3.8, 4) is 11.5 Å². The number of para-hydroxylation sites is 1. The Morgan fingerprint density at radius 2 is 1.70 bits per heavy atom. The minimum absolute atomic E-state index is 0.124. The van der Waals surface area contributed by atoms with Gasteiger partial charge in [-0.05, 0) is 59.2 Å². The van der Waals surface area contributed by atoms with Gasteiger partial charge in [0, 0.05) is 41.7 Å². The Kier molecular flexibility index (Phi) is 8.51. The minimum Gasteiger partial charge on any atom is -0.497 e. The highest BCUT2D eigenvalue weighted by Crippen LogP contribution is 2.29. The van der Waals surface area contributed by atoms with E-state index in [9.17, 15) is 4.79 Å². The van der Waals surface area contributed by atoms with Crippen molar-refractivity contribution in [2.75, 3.05) is 14.2 Å². The summed E-state index contributed by atoms with van der Waals surface area (Å²) in [4.78, 5) is 18.5. The monoisotopic (exact) mass is 538 g/mol. The minimum atomic E-state index is -0.143. The molecule has 0 saturated heterocycles. The van der Waals surface area contributed by atoms with Gasteiger partial charge in [-0.3, -0.25) is 9.69 Å². The molecule has 9 heteroatoms. The highest BCUT2D eigenvalue weighted by Gasteiger charge is 2.27. The molecule has 0 aliphatic carbocycles. The zero-order valence-corrected chi connectivity index (χ0v) is 23.1. The van der Waals surface area contributed by atoms with Gasteiger partial charge in [0.2, 0.25) is 0 Å². The van der Waals surface area contributed by atoms with Gasteiger partial charge in [-0.1, -0.05) is 55.5 Å². The molecule has 0 amide bonds. The quantitative estimate of drug-likeness (QED) is 0.241. The van der Waals surface area contributed by atoms with Gasteiger partial charge in [0.05, 0.1) is 20.3 Å². The van der Waals surface area contributed by atoms with Gasteiger partial charge >= 0.3 is 0 Å². The number of aryl methyl sites for hydroxylation is 2. The molecule has 5 aromatic rings. The molecule has 0 radical (unpaired) electrons. The van der Waals surface area contributed by atoms with Crippen molar-refractivity contribution in [2.24, 2.45) is 0 Å². The van der Waals surface area contributed by atoms with Crippen molar-refractivity contribution in [3.63, 3.8) is 0 Å². The number of nitrogens with zero attached hydrogens (tertiary/aromatic N) is 5. The second-order valence-corrected chi connectivity index (χ2v) is 9.71. The van der Waals surface area contributed by atoms with E-state index < -0.39 is 0 Å². The van der Waals surface area contributed by atoms with Crippen LogP contribution in [0.3, 0.4) is 0 Å². The molecular formula is C31H34N6O3. The molecule has 0 aliphatic heterocycles. The average Bonchev–Trinajstić information content (AvgIpc) is 3.45. The Morgan fingerprint density at radius 1 is 0.925 bits per heavy atom. The van der Waals surface area contributed by atoms with Gasteiger partial charge in [-0.25, -0.2) is 4.68 Å². The second-order valence-electron chi connectivity index (χ2n) is 9.71. The number of benzene rings is 3. The topological polar surface area (TPSA) is 98.2 Å². The van der Waals surface area contributed by atoms with Crippen LogP contribution in [0.15, 0.2) is 83.7 Å². The van der Waals surface area contributed by atoms with Gasteiger partial charge in [0.15, 0.2) is 5.82 Å². The predicted molar refractivity (Wildman–Crippen MR) is 154 cm³/mol. The van der Waals surface area contributed by atoms with Gasteiger partial charge in [0.25, 0.3) is 5.56 Å². The van der Waals surface area contributed by atoms with Crippen LogP contribution in [0.25, 0.3) is 10.9 Å². The summed E-state index contributed by atoms with van der Waals surface area (Å²) in [6.07, 6.45) is 1.56. The van der Waals surface area contributed by atoms with Crippen molar-refractivity contribution in [1.82, 2.24) is 30.1 Å². The van der Waals surface area contributed by atoms with E-state index in [4.69, 9.17) is 9.47 Å². The van der Waals surface area contributed by atoms with Crippen molar-refractivity contribution in [2.45, 2.75) is 45.4 Å². The molecular weight excluding hydrogens is 504 g/mol. The number of hydrogen-bond acceptors (Lipinski definition) is 7. The first-order chi connectivity index (χ1) is 19.6. The number of aromatic nitrogens is 5. The highest BCUT2D eigenvalue weighted by atomic mass is 16.5. The number of rotatable bonds is 12. The molecule has 5 rings (SSSR count). The number of hydrogen-bond donors (Lipinski definition) is 1. The first-order valence-electron chi connectivity index (χ1n) is 13.5. The molecule has 1 N–H and O–H groups in total. The Morgan fingerprint density at radius 3 is 2.48 bits per heavy atom. The van der Waals surface area contributed by atoms with E-state index in [1.54, 1.807) is 14.2 Å². The van der Waals surface area contributed by atoms with Crippen LogP contribution in [0.2, 0.25) is 0 Å². The van der Waals surface area contributed by atoms with Crippen LogP contribution in [-0.2, 0) is 26.1 Å². The maximum absolute atomic E-state index is 13.2. The first kappa shape index (κ1) is 27.1. The molecule has 9 nitrogen and oxygen atoms in total. The number of nitrogens with one attached hydrogen (secondary N) is 1. The van der Waals surface area contributed by atoms with E-state index in [1.807, 2.05) is 71.4 Å². The first-order valence-corrected chi connectivity index (χ1v) is 13.5. The molecule has 3 aromatic carbocycles. The van der Waals surface area contributed by atoms with E-state index in [0.717, 1.165) is 46.6 Å². The molecule has 40 heavy (non-hydrogen) atoms. The second kappa shape index (κ2) is 12.6. The summed E-state index contributed by atoms with van der Waals surface area (Å²) in [7, 11) is 3.31. The lowest BCUT2D eigenvalue weighted by Crippen LogP contribution is -2.32. The van der Waals surface area contributed by atoms with Crippen LogP contribution in [0, 0.1) is 0 Å². The van der Waals surface area contributed by atoms with E-state index in [-0.39, 0.29) is 11.6 Å². The normalized spacial score (nSPS) is 12.1. The summed E-state index contributed by atoms with van der Waals surface area (Å²) in [6.45, 7) is 3.71. The van der Waals surface area contributed by atoms with E-state index in [0.29, 0.717) is 25.2 Å². The van der Waals surface area contributed by atoms with Gasteiger partial charge in [0.1, 0.15) is 11.5 Å². The lowest BCUT2D eigenvalue weighted by atomic mass is 10.1. The summed E-state index contributed by atoms with van der Waals surface area (Å²) in [5.41, 5.74) is 3.54. The SMILES string of the molecule is CC[C@H](c1nnnn1CCc1ccccc1)N(Cc1ccccc1OC)Cc1cc2cc(OC)ccc2[nH]c1=O. The van der Waals surface area contributed by atoms with Crippen LogP contribution in [0.4, 0.5) is 0 Å². The molecule has 206 valence electrons. The molecule has 0 saturated carbocycles. The zero-order chi connectivity index (χ0) is 27.9. The highest BCUT2D eigenvalue weighted by molar-refractivity contribution is 5.80. The fourth-order valence-electron chi connectivity index (χ4n) is 5.12. The van der Waals surface area contributed by atoms with E-state index >= 15 is 0 Å². The lowest BCUT2D eigenvalue weighted by molar-refractivity contribution is 0.159. The summed E-state index contributed by atoms with van der Waals surface area (Å²) < 4.78 is 13.0. The third-order valence-corrected chi connectivity index (χ3v) is 7.21. The zero-order valence-electron chi connectivity index (χ0n) is 23.1. The molecule has 0 unspecified atom stereocenters. The van der Waals surface area contributed by atoms with Crippen LogP contribution < -0.4 is 15.0 Å². The number of fused-ring (bicyclic) bond motifs is 1. The molecule has 0 aliphatic rings. The summed E-state index contributed by atoms with van der Waals surface area (Å²) in [6, 6.07) is 25.7. The Bertz CT molecular complexity index is 1610. The van der Waals surface area contributed by atoms with Crippen molar-refractivity contribution >= 4 is 10.9 Å². The number of tetrazole rings is 1. The Balaban J connectivity index is 1.51. The molecule has 2 aromatic heterocycles. The standard InChI is InChI=1S/C31H34N6O3/c1-4-28(30-33-34-35-37(30)17-16-22-10-6-5-7-11-22)36(20-23-12-8-9-13-29(23)40-3)21-25-18-24-19-26(39-2)14-15-27(24)32-31(25)38/h5-15,18-19,28H,4,16-17,20-21H2,1-3H3,(H,32,38)/t28-/m1/s1. The number of ether oxygens (including phenoxy) is 2. The number of methoxy groups -OCH3 is 2. The average molecular weight is 539 g/mol. The number of pyridine rings is 1. The molecule has 1 atom stereocenters. The van der Waals surface area contributed by atoms with E-state index in [2.05, 4.69) is 44.5 Å². The summed E-state index contributed by atoms with van der Waals surface area (Å²) in [5, 5.41) is 13.7. The smallest absolute Gasteiger partial charge is 0.252 e. The Labute approximate surface area is 233 Å². The molecule has 0 spiro atoms.